The van der Waals surface area contributed by atoms with E-state index in [1.807, 2.05) is 19.9 Å². The number of nitrogens with one attached hydrogen (secondary N) is 2. The summed E-state index contributed by atoms with van der Waals surface area (Å²) in [6, 6.07) is 4.10. The van der Waals surface area contributed by atoms with Crippen LogP contribution in [0.2, 0.25) is 0 Å². The maximum Gasteiger partial charge on any atom is 0.356 e. The third-order valence-corrected chi connectivity index (χ3v) is 7.98. The predicted octanol–water partition coefficient (Wildman–Crippen LogP) is 4.29. The number of aryl methyl sites for hydroxylation is 1. The number of nitrogens with zero attached hydrogens (tertiary/aromatic N) is 7. The van der Waals surface area contributed by atoms with Crippen molar-refractivity contribution in [1.29, 1.82) is 0 Å². The van der Waals surface area contributed by atoms with E-state index in [1.165, 1.54) is 12.4 Å². The average molecular weight is 578 g/mol. The molecule has 1 saturated heterocycles. The van der Waals surface area contributed by atoms with E-state index in [2.05, 4.69) is 72.1 Å². The van der Waals surface area contributed by atoms with Gasteiger partial charge in [0.05, 0.1) is 22.8 Å². The summed E-state index contributed by atoms with van der Waals surface area (Å²) >= 11 is 1.75. The molecule has 13 heteroatoms. The molecule has 0 spiro atoms. The van der Waals surface area contributed by atoms with E-state index in [9.17, 15) is 4.79 Å². The Morgan fingerprint density at radius 3 is 2.49 bits per heavy atom. The molecule has 1 aliphatic rings. The number of piperazine rings is 1. The third kappa shape index (κ3) is 6.85. The van der Waals surface area contributed by atoms with Gasteiger partial charge in [0.15, 0.2) is 11.5 Å². The molecule has 3 aromatic heterocycles. The molecule has 12 nitrogen and oxygen atoms in total. The van der Waals surface area contributed by atoms with E-state index >= 15 is 0 Å². The van der Waals surface area contributed by atoms with Crippen molar-refractivity contribution in [2.24, 2.45) is 0 Å². The molecular weight excluding hydrogens is 542 g/mol. The zero-order valence-electron chi connectivity index (χ0n) is 23.9. The lowest BCUT2D eigenvalue weighted by Crippen LogP contribution is -2.47. The van der Waals surface area contributed by atoms with Gasteiger partial charge in [0.1, 0.15) is 30.3 Å². The molecule has 41 heavy (non-hydrogen) atoms. The van der Waals surface area contributed by atoms with E-state index in [-0.39, 0.29) is 10.4 Å². The first-order valence-electron chi connectivity index (χ1n) is 13.5. The molecule has 0 bridgehead atoms. The van der Waals surface area contributed by atoms with Gasteiger partial charge < -0.3 is 20.1 Å². The first kappa shape index (κ1) is 28.6. The molecule has 1 aliphatic heterocycles. The number of aromatic nitrogens is 6. The highest BCUT2D eigenvalue weighted by atomic mass is 32.2. The number of carbonyl (C=O) groups is 1. The molecule has 4 aromatic rings. The standard InChI is InChI=1S/C28H35N9O3S/c1-17-18(2)34-35-25(17)33-26-19-12-23(41-28(3,4)5)22(13-20(19)31-16-32-26)40-11-10-36-6-8-37(9-7-36)24-15-29-21(14-30-24)27(38)39/h12-16H,6-11H2,1-5H3,(H,38,39)(H2,31,32,33,34,35). The number of carboxylic acid groups (broad SMARTS) is 1. The minimum Gasteiger partial charge on any atom is -0.491 e. The number of hydrogen-bond acceptors (Lipinski definition) is 11. The SMILES string of the molecule is Cc1[nH]nc(Nc2ncnc3cc(OCCN4CCN(c5cnc(C(=O)O)cn5)CC4)c(SC(C)(C)C)cc23)c1C. The number of aromatic carboxylic acids is 1. The molecule has 0 aliphatic carbocycles. The minimum atomic E-state index is -1.08. The normalized spacial score (nSPS) is 14.4. The molecule has 216 valence electrons. The summed E-state index contributed by atoms with van der Waals surface area (Å²) in [5, 5.41) is 20.7. The average Bonchev–Trinajstić information content (AvgIpc) is 3.25. The van der Waals surface area contributed by atoms with Crippen LogP contribution in [0.1, 0.15) is 42.5 Å². The summed E-state index contributed by atoms with van der Waals surface area (Å²) in [4.78, 5) is 33.8. The second-order valence-corrected chi connectivity index (χ2v) is 12.8. The zero-order valence-corrected chi connectivity index (χ0v) is 24.7. The second kappa shape index (κ2) is 11.9. The number of fused-ring (bicyclic) bond motifs is 1. The maximum absolute atomic E-state index is 11.0. The van der Waals surface area contributed by atoms with Gasteiger partial charge in [-0.2, -0.15) is 5.10 Å². The van der Waals surface area contributed by atoms with Crippen LogP contribution in [0.3, 0.4) is 0 Å². The van der Waals surface area contributed by atoms with Gasteiger partial charge >= 0.3 is 5.97 Å². The fourth-order valence-electron chi connectivity index (χ4n) is 4.49. The van der Waals surface area contributed by atoms with Gasteiger partial charge in [-0.3, -0.25) is 10.00 Å². The minimum absolute atomic E-state index is 0.0210. The Morgan fingerprint density at radius 1 is 1.07 bits per heavy atom. The van der Waals surface area contributed by atoms with Crippen LogP contribution in [0.15, 0.2) is 35.7 Å². The van der Waals surface area contributed by atoms with E-state index in [4.69, 9.17) is 9.84 Å². The van der Waals surface area contributed by atoms with E-state index < -0.39 is 5.97 Å². The summed E-state index contributed by atoms with van der Waals surface area (Å²) in [6.07, 6.45) is 4.38. The fourth-order valence-corrected chi connectivity index (χ4v) is 5.54. The van der Waals surface area contributed by atoms with Crippen LogP contribution in [0.25, 0.3) is 10.9 Å². The second-order valence-electron chi connectivity index (χ2n) is 10.9. The van der Waals surface area contributed by atoms with Crippen molar-refractivity contribution in [2.75, 3.05) is 49.5 Å². The number of benzene rings is 1. The molecular formula is C28H35N9O3S. The molecule has 4 heterocycles. The molecule has 3 N–H and O–H groups in total. The molecule has 1 aromatic carbocycles. The van der Waals surface area contributed by atoms with Crippen LogP contribution in [0, 0.1) is 13.8 Å². The predicted molar refractivity (Wildman–Crippen MR) is 160 cm³/mol. The van der Waals surface area contributed by atoms with Crippen LogP contribution < -0.4 is 15.0 Å². The highest BCUT2D eigenvalue weighted by Gasteiger charge is 2.21. The molecule has 0 amide bonds. The van der Waals surface area contributed by atoms with Gasteiger partial charge in [-0.15, -0.1) is 11.8 Å². The lowest BCUT2D eigenvalue weighted by atomic mass is 10.2. The lowest BCUT2D eigenvalue weighted by molar-refractivity contribution is 0.0690. The van der Waals surface area contributed by atoms with Crippen molar-refractivity contribution in [3.05, 3.63) is 47.8 Å². The Hall–Kier alpha value is -3.97. The zero-order chi connectivity index (χ0) is 29.1. The fraction of sp³-hybridized carbons (Fsp3) is 0.429. The van der Waals surface area contributed by atoms with Crippen LogP contribution >= 0.6 is 11.8 Å². The van der Waals surface area contributed by atoms with Crippen molar-refractivity contribution in [2.45, 2.75) is 44.3 Å². The highest BCUT2D eigenvalue weighted by Crippen LogP contribution is 2.41. The van der Waals surface area contributed by atoms with Gasteiger partial charge in [-0.1, -0.05) is 20.8 Å². The monoisotopic (exact) mass is 577 g/mol. The Balaban J connectivity index is 1.26. The van der Waals surface area contributed by atoms with Crippen molar-refractivity contribution in [3.63, 3.8) is 0 Å². The third-order valence-electron chi connectivity index (χ3n) is 6.83. The Kier molecular flexibility index (Phi) is 8.27. The summed E-state index contributed by atoms with van der Waals surface area (Å²) in [5.74, 6) is 1.87. The topological polar surface area (TPSA) is 145 Å². The first-order chi connectivity index (χ1) is 19.6. The summed E-state index contributed by atoms with van der Waals surface area (Å²) in [7, 11) is 0. The van der Waals surface area contributed by atoms with E-state index in [0.717, 1.165) is 71.3 Å². The van der Waals surface area contributed by atoms with Crippen molar-refractivity contribution in [1.82, 2.24) is 35.0 Å². The van der Waals surface area contributed by atoms with Gasteiger partial charge in [0.25, 0.3) is 0 Å². The number of thioether (sulfide) groups is 1. The van der Waals surface area contributed by atoms with E-state index in [0.29, 0.717) is 18.2 Å². The Morgan fingerprint density at radius 2 is 1.85 bits per heavy atom. The number of rotatable bonds is 9. The molecule has 1 fully saturated rings. The van der Waals surface area contributed by atoms with Crippen LogP contribution in [0.4, 0.5) is 17.5 Å². The Labute approximate surface area is 243 Å². The number of ether oxygens (including phenoxy) is 1. The van der Waals surface area contributed by atoms with Crippen molar-refractivity contribution >= 4 is 46.1 Å². The number of anilines is 3. The van der Waals surface area contributed by atoms with Crippen LogP contribution in [-0.4, -0.2) is 90.2 Å². The van der Waals surface area contributed by atoms with Gasteiger partial charge in [-0.05, 0) is 19.9 Å². The van der Waals surface area contributed by atoms with Crippen molar-refractivity contribution in [3.8, 4) is 5.75 Å². The molecule has 0 radical (unpaired) electrons. The number of hydrogen-bond donors (Lipinski definition) is 3. The van der Waals surface area contributed by atoms with Crippen molar-refractivity contribution < 1.29 is 14.6 Å². The first-order valence-corrected chi connectivity index (χ1v) is 14.3. The summed E-state index contributed by atoms with van der Waals surface area (Å²) in [5.41, 5.74) is 2.80. The summed E-state index contributed by atoms with van der Waals surface area (Å²) < 4.78 is 6.35. The van der Waals surface area contributed by atoms with Gasteiger partial charge in [0.2, 0.25) is 0 Å². The molecule has 0 saturated carbocycles. The smallest absolute Gasteiger partial charge is 0.356 e. The maximum atomic E-state index is 11.0. The number of aromatic amines is 1. The largest absolute Gasteiger partial charge is 0.491 e. The van der Waals surface area contributed by atoms with Crippen LogP contribution in [0.5, 0.6) is 5.75 Å². The number of H-pyrrole nitrogens is 1. The molecule has 0 atom stereocenters. The lowest BCUT2D eigenvalue weighted by Gasteiger charge is -2.35. The van der Waals surface area contributed by atoms with Gasteiger partial charge in [-0.25, -0.2) is 24.7 Å². The molecule has 5 rings (SSSR count). The highest BCUT2D eigenvalue weighted by molar-refractivity contribution is 8.00. The quantitative estimate of drug-likeness (QED) is 0.244. The molecule has 0 unspecified atom stereocenters. The van der Waals surface area contributed by atoms with Gasteiger partial charge in [0, 0.05) is 60.2 Å². The van der Waals surface area contributed by atoms with Crippen LogP contribution in [-0.2, 0) is 0 Å². The summed E-state index contributed by atoms with van der Waals surface area (Å²) in [6.45, 7) is 15.1. The van der Waals surface area contributed by atoms with E-state index in [1.54, 1.807) is 18.1 Å². The Bertz CT molecular complexity index is 1530. The number of carboxylic acids is 1.